The van der Waals surface area contributed by atoms with Crippen LogP contribution in [0.5, 0.6) is 11.5 Å². The number of hydrogen-bond acceptors (Lipinski definition) is 4. The highest BCUT2D eigenvalue weighted by molar-refractivity contribution is 6.40. The summed E-state index contributed by atoms with van der Waals surface area (Å²) in [6.45, 7) is 2.06. The predicted octanol–water partition coefficient (Wildman–Crippen LogP) is 6.28. The number of halogens is 3. The molecule has 7 heteroatoms. The van der Waals surface area contributed by atoms with Gasteiger partial charge in [-0.2, -0.15) is 0 Å². The molecule has 27 heavy (non-hydrogen) atoms. The van der Waals surface area contributed by atoms with E-state index in [9.17, 15) is 9.59 Å². The number of rotatable bonds is 8. The minimum absolute atomic E-state index is 0.0288. The highest BCUT2D eigenvalue weighted by Gasteiger charge is 2.15. The average molecular weight is 430 g/mol. The summed E-state index contributed by atoms with van der Waals surface area (Å²) in [5, 5.41) is 0.636. The molecule has 2 aromatic rings. The maximum Gasteiger partial charge on any atom is 0.311 e. The van der Waals surface area contributed by atoms with Crippen LogP contribution in [0.1, 0.15) is 38.2 Å². The molecule has 0 N–H and O–H groups in total. The van der Waals surface area contributed by atoms with E-state index in [1.54, 1.807) is 6.07 Å². The van der Waals surface area contributed by atoms with Gasteiger partial charge in [0, 0.05) is 17.9 Å². The molecule has 0 aromatic heterocycles. The third-order valence-corrected chi connectivity index (χ3v) is 4.44. The lowest BCUT2D eigenvalue weighted by atomic mass is 10.1. The second-order valence-corrected chi connectivity index (χ2v) is 7.11. The molecule has 0 bridgehead atoms. The number of carbonyl (C=O) groups excluding carboxylic acids is 2. The Kier molecular flexibility index (Phi) is 8.42. The Labute approximate surface area is 173 Å². The van der Waals surface area contributed by atoms with E-state index in [0.717, 1.165) is 18.4 Å². The highest BCUT2D eigenvalue weighted by Crippen LogP contribution is 2.36. The second-order valence-electron chi connectivity index (χ2n) is 5.86. The standard InChI is InChI=1S/C20H19Cl3O4/c1-2-6-13-7-3-4-8-17(13)26-18(24)9-5-10-19(25)27-20-15(22)11-14(21)12-16(20)23/h3-4,7-8,11-12H,2,5-6,9-10H2,1H3. The number of ether oxygens (including phenoxy) is 2. The first-order valence-corrected chi connectivity index (χ1v) is 9.68. The van der Waals surface area contributed by atoms with Crippen LogP contribution in [0.3, 0.4) is 0 Å². The molecule has 0 amide bonds. The minimum Gasteiger partial charge on any atom is -0.426 e. The maximum absolute atomic E-state index is 12.0. The first-order chi connectivity index (χ1) is 12.9. The average Bonchev–Trinajstić information content (AvgIpc) is 2.60. The SMILES string of the molecule is CCCc1ccccc1OC(=O)CCCC(=O)Oc1c(Cl)cc(Cl)cc1Cl. The Morgan fingerprint density at radius 3 is 2.15 bits per heavy atom. The van der Waals surface area contributed by atoms with Crippen LogP contribution in [0.2, 0.25) is 15.1 Å². The van der Waals surface area contributed by atoms with Crippen LogP contribution in [-0.4, -0.2) is 11.9 Å². The van der Waals surface area contributed by atoms with Crippen LogP contribution in [0, 0.1) is 0 Å². The van der Waals surface area contributed by atoms with Crippen LogP contribution in [0.4, 0.5) is 0 Å². The van der Waals surface area contributed by atoms with Crippen molar-refractivity contribution in [1.82, 2.24) is 0 Å². The molecule has 0 spiro atoms. The van der Waals surface area contributed by atoms with E-state index >= 15 is 0 Å². The second kappa shape index (κ2) is 10.5. The van der Waals surface area contributed by atoms with Crippen molar-refractivity contribution in [3.05, 3.63) is 57.0 Å². The van der Waals surface area contributed by atoms with Crippen molar-refractivity contribution in [2.45, 2.75) is 39.0 Å². The molecule has 0 aliphatic carbocycles. The van der Waals surface area contributed by atoms with Crippen molar-refractivity contribution in [1.29, 1.82) is 0 Å². The van der Waals surface area contributed by atoms with Gasteiger partial charge in [0.05, 0.1) is 10.0 Å². The summed E-state index contributed by atoms with van der Waals surface area (Å²) in [5.41, 5.74) is 0.986. The van der Waals surface area contributed by atoms with Crippen molar-refractivity contribution in [2.75, 3.05) is 0 Å². The summed E-state index contributed by atoms with van der Waals surface area (Å²) in [6, 6.07) is 10.3. The van der Waals surface area contributed by atoms with Gasteiger partial charge in [0.15, 0.2) is 5.75 Å². The largest absolute Gasteiger partial charge is 0.426 e. The van der Waals surface area contributed by atoms with Gasteiger partial charge in [-0.15, -0.1) is 0 Å². The Morgan fingerprint density at radius 1 is 0.926 bits per heavy atom. The molecular formula is C20H19Cl3O4. The lowest BCUT2D eigenvalue weighted by Crippen LogP contribution is -2.12. The van der Waals surface area contributed by atoms with Gasteiger partial charge in [0.1, 0.15) is 5.75 Å². The van der Waals surface area contributed by atoms with Gasteiger partial charge in [0.25, 0.3) is 0 Å². The van der Waals surface area contributed by atoms with Gasteiger partial charge in [0.2, 0.25) is 0 Å². The van der Waals surface area contributed by atoms with Gasteiger partial charge in [-0.25, -0.2) is 0 Å². The molecular weight excluding hydrogens is 411 g/mol. The predicted molar refractivity (Wildman–Crippen MR) is 107 cm³/mol. The monoisotopic (exact) mass is 428 g/mol. The molecule has 2 aromatic carbocycles. The quantitative estimate of drug-likeness (QED) is 0.366. The van der Waals surface area contributed by atoms with Crippen LogP contribution in [0.25, 0.3) is 0 Å². The Hall–Kier alpha value is -1.75. The zero-order valence-corrected chi connectivity index (χ0v) is 17.0. The smallest absolute Gasteiger partial charge is 0.311 e. The maximum atomic E-state index is 12.0. The molecule has 4 nitrogen and oxygen atoms in total. The van der Waals surface area contributed by atoms with Gasteiger partial charge in [-0.1, -0.05) is 66.3 Å². The van der Waals surface area contributed by atoms with Crippen LogP contribution in [-0.2, 0) is 16.0 Å². The van der Waals surface area contributed by atoms with Crippen LogP contribution in [0.15, 0.2) is 36.4 Å². The minimum atomic E-state index is -0.541. The van der Waals surface area contributed by atoms with Crippen LogP contribution < -0.4 is 9.47 Å². The Balaban J connectivity index is 1.82. The lowest BCUT2D eigenvalue weighted by molar-refractivity contribution is -0.136. The Bertz CT molecular complexity index is 798. The van der Waals surface area contributed by atoms with E-state index in [-0.39, 0.29) is 35.1 Å². The summed E-state index contributed by atoms with van der Waals surface area (Å²) in [4.78, 5) is 24.0. The van der Waals surface area contributed by atoms with Gasteiger partial charge in [-0.3, -0.25) is 9.59 Å². The fourth-order valence-electron chi connectivity index (χ4n) is 2.42. The van der Waals surface area contributed by atoms with Crippen molar-refractivity contribution < 1.29 is 19.1 Å². The molecule has 0 unspecified atom stereocenters. The van der Waals surface area contributed by atoms with E-state index in [1.165, 1.54) is 12.1 Å². The van der Waals surface area contributed by atoms with Crippen molar-refractivity contribution in [3.63, 3.8) is 0 Å². The molecule has 0 radical (unpaired) electrons. The number of aryl methyl sites for hydroxylation is 1. The van der Waals surface area contributed by atoms with Crippen LogP contribution >= 0.6 is 34.8 Å². The fourth-order valence-corrected chi connectivity index (χ4v) is 3.32. The fraction of sp³-hybridized carbons (Fsp3) is 0.300. The highest BCUT2D eigenvalue weighted by atomic mass is 35.5. The molecule has 144 valence electrons. The molecule has 0 atom stereocenters. The molecule has 0 heterocycles. The Morgan fingerprint density at radius 2 is 1.52 bits per heavy atom. The van der Waals surface area contributed by atoms with E-state index < -0.39 is 11.9 Å². The molecule has 0 saturated carbocycles. The van der Waals surface area contributed by atoms with Crippen molar-refractivity contribution in [2.24, 2.45) is 0 Å². The van der Waals surface area contributed by atoms with E-state index in [0.29, 0.717) is 10.8 Å². The summed E-state index contributed by atoms with van der Waals surface area (Å²) in [5.74, 6) is -0.315. The summed E-state index contributed by atoms with van der Waals surface area (Å²) in [6.07, 6.45) is 2.20. The summed E-state index contributed by atoms with van der Waals surface area (Å²) < 4.78 is 10.6. The van der Waals surface area contributed by atoms with Gasteiger partial charge in [-0.05, 0) is 36.6 Å². The number of para-hydroxylation sites is 1. The first-order valence-electron chi connectivity index (χ1n) is 8.54. The van der Waals surface area contributed by atoms with Gasteiger partial charge >= 0.3 is 11.9 Å². The zero-order valence-electron chi connectivity index (χ0n) is 14.8. The van der Waals surface area contributed by atoms with Crippen molar-refractivity contribution in [3.8, 4) is 11.5 Å². The van der Waals surface area contributed by atoms with Gasteiger partial charge < -0.3 is 9.47 Å². The number of benzene rings is 2. The summed E-state index contributed by atoms with van der Waals surface area (Å²) in [7, 11) is 0. The topological polar surface area (TPSA) is 52.6 Å². The van der Waals surface area contributed by atoms with E-state index in [2.05, 4.69) is 6.92 Å². The number of carbonyl (C=O) groups is 2. The zero-order chi connectivity index (χ0) is 19.8. The lowest BCUT2D eigenvalue weighted by Gasteiger charge is -2.10. The molecule has 2 rings (SSSR count). The number of hydrogen-bond donors (Lipinski definition) is 0. The van der Waals surface area contributed by atoms with Crippen molar-refractivity contribution >= 4 is 46.7 Å². The molecule has 0 fully saturated rings. The molecule has 0 saturated heterocycles. The summed E-state index contributed by atoms with van der Waals surface area (Å²) >= 11 is 17.8. The molecule has 0 aliphatic heterocycles. The normalized spacial score (nSPS) is 10.5. The van der Waals surface area contributed by atoms with E-state index in [4.69, 9.17) is 44.3 Å². The first kappa shape index (κ1) is 21.5. The van der Waals surface area contributed by atoms with E-state index in [1.807, 2.05) is 18.2 Å². The molecule has 0 aliphatic rings. The third-order valence-electron chi connectivity index (χ3n) is 3.66. The third kappa shape index (κ3) is 6.73. The number of esters is 2.